The van der Waals surface area contributed by atoms with Gasteiger partial charge in [-0.25, -0.2) is 14.4 Å². The summed E-state index contributed by atoms with van der Waals surface area (Å²) < 4.78 is 15.3. The first-order chi connectivity index (χ1) is 16.1. The van der Waals surface area contributed by atoms with Gasteiger partial charge in [0, 0.05) is 11.6 Å². The normalized spacial score (nSPS) is 12.1. The first-order valence-electron chi connectivity index (χ1n) is 11.3. The number of aromatic nitrogens is 3. The lowest BCUT2D eigenvalue weighted by Crippen LogP contribution is -2.19. The van der Waals surface area contributed by atoms with Crippen LogP contribution in [0.5, 0.6) is 0 Å². The molecule has 4 aromatic rings. The highest BCUT2D eigenvalue weighted by atomic mass is 19.1. The number of nitrogens with zero attached hydrogens (tertiary/aromatic N) is 4. The molecule has 1 N–H and O–H groups in total. The summed E-state index contributed by atoms with van der Waals surface area (Å²) in [6.45, 7) is 4.25. The Labute approximate surface area is 192 Å². The van der Waals surface area contributed by atoms with Gasteiger partial charge in [0.15, 0.2) is 5.65 Å². The van der Waals surface area contributed by atoms with Gasteiger partial charge in [-0.1, -0.05) is 45.2 Å². The number of hydrogen-bond donors (Lipinski definition) is 1. The van der Waals surface area contributed by atoms with E-state index in [0.29, 0.717) is 28.1 Å². The molecule has 0 bridgehead atoms. The van der Waals surface area contributed by atoms with Gasteiger partial charge >= 0.3 is 0 Å². The van der Waals surface area contributed by atoms with Crippen LogP contribution in [0.3, 0.4) is 0 Å². The molecule has 7 heteroatoms. The average Bonchev–Trinajstić information content (AvgIpc) is 3.12. The summed E-state index contributed by atoms with van der Waals surface area (Å²) in [6, 6.07) is 15.1. The Morgan fingerprint density at radius 1 is 1.09 bits per heavy atom. The Bertz CT molecular complexity index is 1340. The number of benzene rings is 2. The van der Waals surface area contributed by atoms with Gasteiger partial charge in [-0.2, -0.15) is 5.26 Å². The Kier molecular flexibility index (Phi) is 6.64. The fraction of sp³-hybridized carbons (Fsp3) is 0.308. The second kappa shape index (κ2) is 9.78. The summed E-state index contributed by atoms with van der Waals surface area (Å²) >= 11 is 0. The topological polar surface area (TPSA) is 83.6 Å². The molecule has 0 aliphatic rings. The Hall–Kier alpha value is -3.79. The number of fused-ring (bicyclic) bond motifs is 2. The monoisotopic (exact) mass is 443 g/mol. The van der Waals surface area contributed by atoms with Crippen molar-refractivity contribution in [3.63, 3.8) is 0 Å². The highest BCUT2D eigenvalue weighted by molar-refractivity contribution is 6.06. The van der Waals surface area contributed by atoms with Crippen LogP contribution in [-0.4, -0.2) is 20.4 Å². The zero-order valence-electron chi connectivity index (χ0n) is 18.8. The molecule has 2 aromatic heterocycles. The minimum absolute atomic E-state index is 0.0418. The number of unbranched alkanes of at least 4 members (excludes halogenated alkanes) is 2. The summed E-state index contributed by atoms with van der Waals surface area (Å²) in [7, 11) is 0. The van der Waals surface area contributed by atoms with E-state index in [4.69, 9.17) is 9.97 Å². The van der Waals surface area contributed by atoms with E-state index < -0.39 is 11.7 Å². The summed E-state index contributed by atoms with van der Waals surface area (Å²) in [5.41, 5.74) is 3.07. The molecule has 1 atom stereocenters. The van der Waals surface area contributed by atoms with E-state index in [9.17, 15) is 14.4 Å². The lowest BCUT2D eigenvalue weighted by molar-refractivity contribution is 0.102. The first-order valence-corrected chi connectivity index (χ1v) is 11.3. The summed E-state index contributed by atoms with van der Waals surface area (Å²) in [4.78, 5) is 22.6. The smallest absolute Gasteiger partial charge is 0.256 e. The third kappa shape index (κ3) is 4.42. The maximum Gasteiger partial charge on any atom is 0.256 e. The molecule has 2 aromatic carbocycles. The van der Waals surface area contributed by atoms with Gasteiger partial charge in [-0.3, -0.25) is 4.79 Å². The number of halogens is 1. The fourth-order valence-electron chi connectivity index (χ4n) is 4.18. The maximum atomic E-state index is 13.3. The van der Waals surface area contributed by atoms with E-state index in [1.807, 2.05) is 28.8 Å². The maximum absolute atomic E-state index is 13.3. The van der Waals surface area contributed by atoms with Crippen LogP contribution >= 0.6 is 0 Å². The quantitative estimate of drug-likeness (QED) is 0.320. The minimum atomic E-state index is -0.416. The van der Waals surface area contributed by atoms with Crippen LogP contribution in [0, 0.1) is 17.1 Å². The van der Waals surface area contributed by atoms with Crippen molar-refractivity contribution in [3.05, 3.63) is 65.5 Å². The molecule has 2 heterocycles. The van der Waals surface area contributed by atoms with Crippen LogP contribution in [-0.2, 0) is 0 Å². The van der Waals surface area contributed by atoms with Crippen molar-refractivity contribution in [2.24, 2.45) is 0 Å². The summed E-state index contributed by atoms with van der Waals surface area (Å²) in [5.74, 6) is -0.440. The highest BCUT2D eigenvalue weighted by Gasteiger charge is 2.26. The van der Waals surface area contributed by atoms with Crippen molar-refractivity contribution in [1.29, 1.82) is 5.26 Å². The zero-order valence-corrected chi connectivity index (χ0v) is 18.8. The number of anilines is 1. The molecule has 0 fully saturated rings. The Morgan fingerprint density at radius 2 is 1.79 bits per heavy atom. The van der Waals surface area contributed by atoms with Crippen LogP contribution in [0.25, 0.3) is 22.2 Å². The van der Waals surface area contributed by atoms with Crippen molar-refractivity contribution in [3.8, 4) is 6.07 Å². The number of hydrogen-bond acceptors (Lipinski definition) is 4. The standard InChI is InChI=1S/C26H26FN5O/c1-3-5-6-9-19(4-2)32-24(31-26(33)17-12-14-18(27)15-13-17)20(16-28)23-25(32)30-22-11-8-7-10-21(22)29-23/h7-8,10-15,19H,3-6,9H2,1-2H3,(H,31,33)/t19-/m1/s1. The molecule has 0 unspecified atom stereocenters. The van der Waals surface area contributed by atoms with Crippen molar-refractivity contribution in [2.75, 3.05) is 5.32 Å². The number of nitrogens with one attached hydrogen (secondary N) is 1. The van der Waals surface area contributed by atoms with Crippen molar-refractivity contribution >= 4 is 33.9 Å². The molecule has 0 aliphatic carbocycles. The predicted octanol–water partition coefficient (Wildman–Crippen LogP) is 6.38. The molecule has 0 saturated heterocycles. The predicted molar refractivity (Wildman–Crippen MR) is 128 cm³/mol. The third-order valence-corrected chi connectivity index (χ3v) is 5.92. The minimum Gasteiger partial charge on any atom is -0.307 e. The molecule has 6 nitrogen and oxygen atoms in total. The van der Waals surface area contributed by atoms with Gasteiger partial charge in [-0.05, 0) is 49.2 Å². The van der Waals surface area contributed by atoms with E-state index in [-0.39, 0.29) is 11.6 Å². The molecular formula is C26H26FN5O. The van der Waals surface area contributed by atoms with Gasteiger partial charge in [0.2, 0.25) is 0 Å². The van der Waals surface area contributed by atoms with Gasteiger partial charge in [0.25, 0.3) is 5.91 Å². The third-order valence-electron chi connectivity index (χ3n) is 5.92. The van der Waals surface area contributed by atoms with E-state index in [1.165, 1.54) is 24.3 Å². The van der Waals surface area contributed by atoms with Crippen molar-refractivity contribution < 1.29 is 9.18 Å². The van der Waals surface area contributed by atoms with E-state index >= 15 is 0 Å². The van der Waals surface area contributed by atoms with Gasteiger partial charge in [-0.15, -0.1) is 0 Å². The van der Waals surface area contributed by atoms with Crippen molar-refractivity contribution in [1.82, 2.24) is 14.5 Å². The molecule has 0 saturated carbocycles. The van der Waals surface area contributed by atoms with E-state index in [1.54, 1.807) is 0 Å². The summed E-state index contributed by atoms with van der Waals surface area (Å²) in [6.07, 6.45) is 4.94. The Balaban J connectivity index is 1.90. The van der Waals surface area contributed by atoms with Crippen molar-refractivity contribution in [2.45, 2.75) is 52.0 Å². The van der Waals surface area contributed by atoms with Crippen LogP contribution in [0.4, 0.5) is 10.2 Å². The molecule has 0 aliphatic heterocycles. The molecular weight excluding hydrogens is 417 g/mol. The number of nitriles is 1. The molecule has 0 spiro atoms. The largest absolute Gasteiger partial charge is 0.307 e. The number of carbonyl (C=O) groups excluding carboxylic acids is 1. The van der Waals surface area contributed by atoms with Gasteiger partial charge < -0.3 is 9.88 Å². The average molecular weight is 444 g/mol. The number of carbonyl (C=O) groups is 1. The van der Waals surface area contributed by atoms with Crippen LogP contribution < -0.4 is 5.32 Å². The molecule has 168 valence electrons. The SMILES string of the molecule is CCCCC[C@@H](CC)n1c(NC(=O)c2ccc(F)cc2)c(C#N)c2nc3ccccc3nc21. The van der Waals surface area contributed by atoms with Gasteiger partial charge in [0.1, 0.15) is 28.8 Å². The zero-order chi connectivity index (χ0) is 23.4. The lowest BCUT2D eigenvalue weighted by Gasteiger charge is -2.21. The molecule has 1 amide bonds. The second-order valence-electron chi connectivity index (χ2n) is 8.11. The van der Waals surface area contributed by atoms with E-state index in [0.717, 1.165) is 37.6 Å². The highest BCUT2D eigenvalue weighted by Crippen LogP contribution is 2.35. The van der Waals surface area contributed by atoms with Crippen LogP contribution in [0.2, 0.25) is 0 Å². The lowest BCUT2D eigenvalue weighted by atomic mass is 10.1. The molecule has 4 rings (SSSR count). The molecule has 0 radical (unpaired) electrons. The van der Waals surface area contributed by atoms with Gasteiger partial charge in [0.05, 0.1) is 11.0 Å². The molecule has 33 heavy (non-hydrogen) atoms. The second-order valence-corrected chi connectivity index (χ2v) is 8.11. The first kappa shape index (κ1) is 22.4. The number of para-hydroxylation sites is 2. The number of rotatable bonds is 8. The summed E-state index contributed by atoms with van der Waals surface area (Å²) in [5, 5.41) is 13.0. The van der Waals surface area contributed by atoms with E-state index in [2.05, 4.69) is 25.2 Å². The van der Waals surface area contributed by atoms with Crippen LogP contribution in [0.15, 0.2) is 48.5 Å². The number of amides is 1. The Morgan fingerprint density at radius 3 is 2.42 bits per heavy atom. The van der Waals surface area contributed by atoms with Crippen LogP contribution in [0.1, 0.15) is 67.9 Å². The fourth-order valence-corrected chi connectivity index (χ4v) is 4.18.